The summed E-state index contributed by atoms with van der Waals surface area (Å²) in [5.74, 6) is 1.28. The van der Waals surface area contributed by atoms with Crippen LogP contribution in [0.3, 0.4) is 0 Å². The number of amides is 1. The molecular formula is C21H27N5O2. The van der Waals surface area contributed by atoms with Crippen molar-refractivity contribution in [2.45, 2.75) is 25.3 Å². The molecule has 1 aromatic heterocycles. The van der Waals surface area contributed by atoms with Crippen LogP contribution >= 0.6 is 0 Å². The monoisotopic (exact) mass is 381 g/mol. The average Bonchev–Trinajstić information content (AvgIpc) is 3.53. The summed E-state index contributed by atoms with van der Waals surface area (Å²) in [4.78, 5) is 25.5. The molecule has 0 radical (unpaired) electrons. The molecule has 0 unspecified atom stereocenters. The number of anilines is 1. The van der Waals surface area contributed by atoms with Crippen LogP contribution in [0.25, 0.3) is 11.3 Å². The van der Waals surface area contributed by atoms with Crippen LogP contribution in [0.4, 0.5) is 5.82 Å². The second-order valence-electron chi connectivity index (χ2n) is 7.76. The van der Waals surface area contributed by atoms with Crippen molar-refractivity contribution in [1.29, 1.82) is 0 Å². The maximum absolute atomic E-state index is 13.0. The van der Waals surface area contributed by atoms with E-state index >= 15 is 0 Å². The van der Waals surface area contributed by atoms with Gasteiger partial charge in [0.2, 0.25) is 0 Å². The molecule has 0 spiro atoms. The lowest BCUT2D eigenvalue weighted by molar-refractivity contribution is 0.0407. The van der Waals surface area contributed by atoms with E-state index in [1.165, 1.54) is 19.2 Å². The van der Waals surface area contributed by atoms with Crippen LogP contribution in [0.1, 0.15) is 29.6 Å². The molecule has 2 aliphatic rings. The summed E-state index contributed by atoms with van der Waals surface area (Å²) >= 11 is 0. The van der Waals surface area contributed by atoms with Gasteiger partial charge in [0, 0.05) is 56.0 Å². The summed E-state index contributed by atoms with van der Waals surface area (Å²) in [5.41, 5.74) is 8.03. The first kappa shape index (κ1) is 18.8. The molecule has 1 aliphatic carbocycles. The molecule has 0 bridgehead atoms. The van der Waals surface area contributed by atoms with Gasteiger partial charge < -0.3 is 15.7 Å². The highest BCUT2D eigenvalue weighted by atomic mass is 16.3. The van der Waals surface area contributed by atoms with Crippen molar-refractivity contribution in [2.24, 2.45) is 5.92 Å². The molecule has 1 aromatic carbocycles. The molecule has 2 aromatic rings. The zero-order valence-corrected chi connectivity index (χ0v) is 16.0. The van der Waals surface area contributed by atoms with Gasteiger partial charge in [-0.3, -0.25) is 9.69 Å². The molecule has 2 heterocycles. The van der Waals surface area contributed by atoms with Crippen LogP contribution in [0.15, 0.2) is 36.7 Å². The Balaban J connectivity index is 1.43. The highest BCUT2D eigenvalue weighted by Gasteiger charge is 2.33. The first-order valence-corrected chi connectivity index (χ1v) is 9.96. The van der Waals surface area contributed by atoms with Gasteiger partial charge in [-0.25, -0.2) is 9.97 Å². The third kappa shape index (κ3) is 4.31. The SMILES string of the molecule is Nc1cc(-c2ccc(C(=O)N3CCN(CC4CC4)[C@@H](CCO)C3)cc2)ncn1. The highest BCUT2D eigenvalue weighted by Crippen LogP contribution is 2.31. The van der Waals surface area contributed by atoms with Crippen LogP contribution in [-0.4, -0.2) is 69.6 Å². The van der Waals surface area contributed by atoms with Gasteiger partial charge in [0.1, 0.15) is 12.1 Å². The number of aromatic nitrogens is 2. The lowest BCUT2D eigenvalue weighted by Crippen LogP contribution is -2.55. The molecule has 1 atom stereocenters. The van der Waals surface area contributed by atoms with E-state index in [0.717, 1.165) is 36.8 Å². The van der Waals surface area contributed by atoms with Crippen LogP contribution in [0.5, 0.6) is 0 Å². The van der Waals surface area contributed by atoms with Crippen molar-refractivity contribution in [2.75, 3.05) is 38.5 Å². The Morgan fingerprint density at radius 2 is 1.96 bits per heavy atom. The smallest absolute Gasteiger partial charge is 0.253 e. The number of nitrogens with two attached hydrogens (primary N) is 1. The molecule has 1 aliphatic heterocycles. The van der Waals surface area contributed by atoms with E-state index in [9.17, 15) is 9.90 Å². The van der Waals surface area contributed by atoms with Crippen molar-refractivity contribution in [1.82, 2.24) is 19.8 Å². The number of nitrogen functional groups attached to an aromatic ring is 1. The van der Waals surface area contributed by atoms with Gasteiger partial charge in [-0.05, 0) is 37.3 Å². The number of carbonyl (C=O) groups excluding carboxylic acids is 1. The molecule has 4 rings (SSSR count). The van der Waals surface area contributed by atoms with Crippen molar-refractivity contribution < 1.29 is 9.90 Å². The van der Waals surface area contributed by atoms with Gasteiger partial charge in [-0.1, -0.05) is 12.1 Å². The maximum atomic E-state index is 13.0. The second kappa shape index (κ2) is 8.24. The zero-order valence-electron chi connectivity index (χ0n) is 16.0. The minimum atomic E-state index is 0.0442. The van der Waals surface area contributed by atoms with Gasteiger partial charge in [0.25, 0.3) is 5.91 Å². The fourth-order valence-electron chi connectivity index (χ4n) is 3.87. The van der Waals surface area contributed by atoms with E-state index in [-0.39, 0.29) is 18.6 Å². The number of piperazine rings is 1. The van der Waals surface area contributed by atoms with Crippen molar-refractivity contribution in [3.63, 3.8) is 0 Å². The first-order valence-electron chi connectivity index (χ1n) is 9.96. The Bertz CT molecular complexity index is 822. The van der Waals surface area contributed by atoms with Crippen LogP contribution < -0.4 is 5.73 Å². The molecular weight excluding hydrogens is 354 g/mol. The number of benzene rings is 1. The van der Waals surface area contributed by atoms with Crippen LogP contribution in [0, 0.1) is 5.92 Å². The molecule has 1 amide bonds. The molecule has 7 nitrogen and oxygen atoms in total. The summed E-state index contributed by atoms with van der Waals surface area (Å²) < 4.78 is 0. The molecule has 1 saturated carbocycles. The third-order valence-electron chi connectivity index (χ3n) is 5.66. The van der Waals surface area contributed by atoms with Crippen molar-refractivity contribution in [3.8, 4) is 11.3 Å². The summed E-state index contributed by atoms with van der Waals surface area (Å²) in [6, 6.07) is 9.43. The summed E-state index contributed by atoms with van der Waals surface area (Å²) in [5, 5.41) is 9.44. The predicted octanol–water partition coefficient (Wildman–Crippen LogP) is 1.64. The van der Waals surface area contributed by atoms with Gasteiger partial charge in [0.05, 0.1) is 5.69 Å². The summed E-state index contributed by atoms with van der Waals surface area (Å²) in [6.45, 7) is 3.55. The fourth-order valence-corrected chi connectivity index (χ4v) is 3.87. The van der Waals surface area contributed by atoms with E-state index in [0.29, 0.717) is 24.3 Å². The zero-order chi connectivity index (χ0) is 19.5. The lowest BCUT2D eigenvalue weighted by Gasteiger charge is -2.41. The van der Waals surface area contributed by atoms with Crippen LogP contribution in [0.2, 0.25) is 0 Å². The number of hydrogen-bond donors (Lipinski definition) is 2. The molecule has 1 saturated heterocycles. The number of aliphatic hydroxyl groups excluding tert-OH is 1. The molecule has 2 fully saturated rings. The standard InChI is InChI=1S/C21H27N5O2/c22-20-11-19(23-14-24-20)16-3-5-17(6-4-16)21(28)26-9-8-25(12-15-1-2-15)18(13-26)7-10-27/h3-6,11,14-15,18,27H,1-2,7-10,12-13H2,(H2,22,23,24)/t18-/m0/s1. The summed E-state index contributed by atoms with van der Waals surface area (Å²) in [7, 11) is 0. The van der Waals surface area contributed by atoms with Crippen molar-refractivity contribution >= 4 is 11.7 Å². The average molecular weight is 381 g/mol. The number of nitrogens with zero attached hydrogens (tertiary/aromatic N) is 4. The van der Waals surface area contributed by atoms with Gasteiger partial charge >= 0.3 is 0 Å². The van der Waals surface area contributed by atoms with Gasteiger partial charge in [-0.15, -0.1) is 0 Å². The number of carbonyl (C=O) groups is 1. The Kier molecular flexibility index (Phi) is 5.54. The number of aliphatic hydroxyl groups is 1. The van der Waals surface area contributed by atoms with E-state index in [1.807, 2.05) is 29.2 Å². The Labute approximate surface area is 165 Å². The molecule has 7 heteroatoms. The van der Waals surface area contributed by atoms with Crippen LogP contribution in [-0.2, 0) is 0 Å². The second-order valence-corrected chi connectivity index (χ2v) is 7.76. The normalized spacial score (nSPS) is 20.3. The number of hydrogen-bond acceptors (Lipinski definition) is 6. The van der Waals surface area contributed by atoms with E-state index in [1.54, 1.807) is 6.07 Å². The first-order chi connectivity index (χ1) is 13.6. The Morgan fingerprint density at radius 1 is 1.18 bits per heavy atom. The summed E-state index contributed by atoms with van der Waals surface area (Å²) in [6.07, 6.45) is 4.78. The minimum Gasteiger partial charge on any atom is -0.396 e. The molecule has 28 heavy (non-hydrogen) atoms. The Morgan fingerprint density at radius 3 is 2.64 bits per heavy atom. The lowest BCUT2D eigenvalue weighted by atomic mass is 10.0. The predicted molar refractivity (Wildman–Crippen MR) is 108 cm³/mol. The number of rotatable bonds is 6. The molecule has 3 N–H and O–H groups in total. The fraction of sp³-hybridized carbons (Fsp3) is 0.476. The minimum absolute atomic E-state index is 0.0442. The quantitative estimate of drug-likeness (QED) is 0.790. The highest BCUT2D eigenvalue weighted by molar-refractivity contribution is 5.94. The largest absolute Gasteiger partial charge is 0.396 e. The topological polar surface area (TPSA) is 95.6 Å². The van der Waals surface area contributed by atoms with E-state index in [4.69, 9.17) is 5.73 Å². The maximum Gasteiger partial charge on any atom is 0.253 e. The Hall–Kier alpha value is -2.51. The third-order valence-corrected chi connectivity index (χ3v) is 5.66. The van der Waals surface area contributed by atoms with Gasteiger partial charge in [-0.2, -0.15) is 0 Å². The van der Waals surface area contributed by atoms with E-state index in [2.05, 4.69) is 14.9 Å². The van der Waals surface area contributed by atoms with Crippen molar-refractivity contribution in [3.05, 3.63) is 42.2 Å². The molecule has 148 valence electrons. The van der Waals surface area contributed by atoms with E-state index < -0.39 is 0 Å². The van der Waals surface area contributed by atoms with Gasteiger partial charge in [0.15, 0.2) is 0 Å².